The van der Waals surface area contributed by atoms with Crippen LogP contribution in [0.2, 0.25) is 0 Å². The van der Waals surface area contributed by atoms with Crippen LogP contribution in [0.3, 0.4) is 0 Å². The minimum atomic E-state index is -0.0895. The Morgan fingerprint density at radius 1 is 1.37 bits per heavy atom. The van der Waals surface area contributed by atoms with Crippen molar-refractivity contribution in [3.63, 3.8) is 0 Å². The molecule has 7 heteroatoms. The van der Waals surface area contributed by atoms with Crippen molar-refractivity contribution in [1.82, 2.24) is 20.9 Å². The largest absolute Gasteiger partial charge is 0.374 e. The van der Waals surface area contributed by atoms with E-state index >= 15 is 0 Å². The summed E-state index contributed by atoms with van der Waals surface area (Å²) in [5.41, 5.74) is 0. The quantitative estimate of drug-likeness (QED) is 0.474. The van der Waals surface area contributed by atoms with Crippen molar-refractivity contribution in [2.75, 3.05) is 52.9 Å². The Kier molecular flexibility index (Phi) is 7.39. The van der Waals surface area contributed by atoms with E-state index in [9.17, 15) is 9.59 Å². The van der Waals surface area contributed by atoms with E-state index < -0.39 is 0 Å². The van der Waals surface area contributed by atoms with Gasteiger partial charge in [-0.15, -0.1) is 0 Å². The molecule has 1 heterocycles. The van der Waals surface area contributed by atoms with Gasteiger partial charge in [-0.3, -0.25) is 14.5 Å². The summed E-state index contributed by atoms with van der Waals surface area (Å²) in [6.07, 6.45) is 0.144. The predicted molar refractivity (Wildman–Crippen MR) is 71.8 cm³/mol. The first-order chi connectivity index (χ1) is 9.08. The average Bonchev–Trinajstić information content (AvgIpc) is 2.35. The molecule has 1 unspecified atom stereocenters. The highest BCUT2D eigenvalue weighted by Gasteiger charge is 2.16. The molecule has 1 aliphatic rings. The number of hydrogen-bond acceptors (Lipinski definition) is 5. The highest BCUT2D eigenvalue weighted by atomic mass is 16.5. The molecule has 0 radical (unpaired) electrons. The molecule has 1 fully saturated rings. The van der Waals surface area contributed by atoms with Crippen molar-refractivity contribution in [2.45, 2.75) is 13.0 Å². The fourth-order valence-corrected chi connectivity index (χ4v) is 1.89. The van der Waals surface area contributed by atoms with Crippen molar-refractivity contribution in [1.29, 1.82) is 0 Å². The molecule has 3 N–H and O–H groups in total. The molecule has 0 bridgehead atoms. The molecule has 0 aromatic carbocycles. The molecule has 0 aliphatic carbocycles. The van der Waals surface area contributed by atoms with Gasteiger partial charge in [-0.1, -0.05) is 0 Å². The topological polar surface area (TPSA) is 82.7 Å². The first-order valence-corrected chi connectivity index (χ1v) is 6.60. The van der Waals surface area contributed by atoms with E-state index in [2.05, 4.69) is 16.0 Å². The SMILES string of the molecule is CC(=O)NCCNC(=O)CN(C)CC1CNCCO1. The van der Waals surface area contributed by atoms with Gasteiger partial charge in [-0.05, 0) is 7.05 Å². The Labute approximate surface area is 114 Å². The van der Waals surface area contributed by atoms with E-state index in [0.29, 0.717) is 19.6 Å². The van der Waals surface area contributed by atoms with Gasteiger partial charge in [0.2, 0.25) is 11.8 Å². The van der Waals surface area contributed by atoms with Gasteiger partial charge in [0.05, 0.1) is 19.3 Å². The highest BCUT2D eigenvalue weighted by molar-refractivity contribution is 5.78. The zero-order valence-electron chi connectivity index (χ0n) is 11.7. The normalized spacial score (nSPS) is 19.2. The van der Waals surface area contributed by atoms with Gasteiger partial charge >= 0.3 is 0 Å². The number of nitrogens with zero attached hydrogens (tertiary/aromatic N) is 1. The first kappa shape index (κ1) is 15.9. The molecule has 0 spiro atoms. The maximum absolute atomic E-state index is 11.6. The number of carbonyl (C=O) groups excluding carboxylic acids is 2. The number of amides is 2. The molecular weight excluding hydrogens is 248 g/mol. The maximum Gasteiger partial charge on any atom is 0.234 e. The monoisotopic (exact) mass is 272 g/mol. The second-order valence-corrected chi connectivity index (χ2v) is 4.73. The van der Waals surface area contributed by atoms with Crippen LogP contribution in [-0.2, 0) is 14.3 Å². The summed E-state index contributed by atoms with van der Waals surface area (Å²) < 4.78 is 5.57. The third kappa shape index (κ3) is 7.76. The second-order valence-electron chi connectivity index (χ2n) is 4.73. The Morgan fingerprint density at radius 3 is 2.74 bits per heavy atom. The second kappa shape index (κ2) is 8.84. The van der Waals surface area contributed by atoms with Gasteiger partial charge in [0, 0.05) is 39.6 Å². The van der Waals surface area contributed by atoms with Gasteiger partial charge in [-0.25, -0.2) is 0 Å². The standard InChI is InChI=1S/C12H24N4O3/c1-10(17)14-3-4-15-12(18)9-16(2)8-11-7-13-5-6-19-11/h11,13H,3-9H2,1-2H3,(H,14,17)(H,15,18). The van der Waals surface area contributed by atoms with Crippen LogP contribution in [0.4, 0.5) is 0 Å². The van der Waals surface area contributed by atoms with Crippen LogP contribution in [-0.4, -0.2) is 75.7 Å². The number of ether oxygens (including phenoxy) is 1. The van der Waals surface area contributed by atoms with Gasteiger partial charge in [0.15, 0.2) is 0 Å². The summed E-state index contributed by atoms with van der Waals surface area (Å²) in [5, 5.41) is 8.63. The lowest BCUT2D eigenvalue weighted by atomic mass is 10.3. The van der Waals surface area contributed by atoms with E-state index in [0.717, 1.165) is 26.2 Å². The summed E-state index contributed by atoms with van der Waals surface area (Å²) in [5.74, 6) is -0.134. The fraction of sp³-hybridized carbons (Fsp3) is 0.833. The Hall–Kier alpha value is -1.18. The van der Waals surface area contributed by atoms with E-state index in [1.54, 1.807) is 0 Å². The number of likely N-dealkylation sites (N-methyl/N-ethyl adjacent to an activating group) is 1. The summed E-state index contributed by atoms with van der Waals surface area (Å²) in [6, 6.07) is 0. The summed E-state index contributed by atoms with van der Waals surface area (Å²) in [6.45, 7) is 5.87. The van der Waals surface area contributed by atoms with E-state index in [1.165, 1.54) is 6.92 Å². The number of morpholine rings is 1. The van der Waals surface area contributed by atoms with Gasteiger partial charge < -0.3 is 20.7 Å². The fourth-order valence-electron chi connectivity index (χ4n) is 1.89. The van der Waals surface area contributed by atoms with Crippen molar-refractivity contribution >= 4 is 11.8 Å². The number of rotatable bonds is 7. The van der Waals surface area contributed by atoms with Gasteiger partial charge in [0.25, 0.3) is 0 Å². The molecule has 0 aromatic rings. The van der Waals surface area contributed by atoms with Crippen LogP contribution in [0.5, 0.6) is 0 Å². The zero-order valence-corrected chi connectivity index (χ0v) is 11.7. The lowest BCUT2D eigenvalue weighted by Gasteiger charge is -2.27. The predicted octanol–water partition coefficient (Wildman–Crippen LogP) is -1.84. The third-order valence-electron chi connectivity index (χ3n) is 2.75. The minimum Gasteiger partial charge on any atom is -0.374 e. The molecule has 1 aliphatic heterocycles. The highest BCUT2D eigenvalue weighted by Crippen LogP contribution is 1.98. The Bertz CT molecular complexity index is 293. The van der Waals surface area contributed by atoms with Gasteiger partial charge in [-0.2, -0.15) is 0 Å². The summed E-state index contributed by atoms with van der Waals surface area (Å²) >= 11 is 0. The molecular formula is C12H24N4O3. The number of hydrogen-bond donors (Lipinski definition) is 3. The molecule has 0 saturated carbocycles. The molecule has 19 heavy (non-hydrogen) atoms. The van der Waals surface area contributed by atoms with Crippen LogP contribution in [0.15, 0.2) is 0 Å². The van der Waals surface area contributed by atoms with E-state index in [4.69, 9.17) is 4.74 Å². The number of nitrogens with one attached hydrogen (secondary N) is 3. The molecule has 1 saturated heterocycles. The van der Waals surface area contributed by atoms with Crippen molar-refractivity contribution in [3.05, 3.63) is 0 Å². The molecule has 2 amide bonds. The summed E-state index contributed by atoms with van der Waals surface area (Å²) in [4.78, 5) is 24.2. The smallest absolute Gasteiger partial charge is 0.234 e. The average molecular weight is 272 g/mol. The molecule has 1 atom stereocenters. The van der Waals surface area contributed by atoms with E-state index in [-0.39, 0.29) is 17.9 Å². The van der Waals surface area contributed by atoms with Crippen LogP contribution < -0.4 is 16.0 Å². The van der Waals surface area contributed by atoms with Crippen molar-refractivity contribution < 1.29 is 14.3 Å². The van der Waals surface area contributed by atoms with Crippen molar-refractivity contribution in [3.8, 4) is 0 Å². The van der Waals surface area contributed by atoms with Crippen LogP contribution >= 0.6 is 0 Å². The Morgan fingerprint density at radius 2 is 2.11 bits per heavy atom. The molecule has 1 rings (SSSR count). The van der Waals surface area contributed by atoms with Crippen LogP contribution in [0.25, 0.3) is 0 Å². The lowest BCUT2D eigenvalue weighted by molar-refractivity contribution is -0.123. The lowest BCUT2D eigenvalue weighted by Crippen LogP contribution is -2.46. The van der Waals surface area contributed by atoms with Crippen LogP contribution in [0, 0.1) is 0 Å². The third-order valence-corrected chi connectivity index (χ3v) is 2.75. The van der Waals surface area contributed by atoms with Gasteiger partial charge in [0.1, 0.15) is 0 Å². The van der Waals surface area contributed by atoms with Crippen LogP contribution in [0.1, 0.15) is 6.92 Å². The first-order valence-electron chi connectivity index (χ1n) is 6.60. The number of carbonyl (C=O) groups is 2. The maximum atomic E-state index is 11.6. The molecule has 110 valence electrons. The van der Waals surface area contributed by atoms with Crippen molar-refractivity contribution in [2.24, 2.45) is 0 Å². The zero-order chi connectivity index (χ0) is 14.1. The summed E-state index contributed by atoms with van der Waals surface area (Å²) in [7, 11) is 1.89. The Balaban J connectivity index is 2.07. The minimum absolute atomic E-state index is 0.0448. The molecule has 0 aromatic heterocycles. The van der Waals surface area contributed by atoms with E-state index in [1.807, 2.05) is 11.9 Å². The molecule has 7 nitrogen and oxygen atoms in total.